The zero-order valence-electron chi connectivity index (χ0n) is 13.7. The second kappa shape index (κ2) is 7.73. The van der Waals surface area contributed by atoms with Crippen molar-refractivity contribution in [3.05, 3.63) is 54.1 Å². The number of hydrogen-bond acceptors (Lipinski definition) is 4. The summed E-state index contributed by atoms with van der Waals surface area (Å²) in [4.78, 5) is 12.0. The average Bonchev–Trinajstić information content (AvgIpc) is 2.65. The van der Waals surface area contributed by atoms with Gasteiger partial charge in [0.25, 0.3) is 0 Å². The molecule has 1 aliphatic heterocycles. The second-order valence-corrected chi connectivity index (χ2v) is 5.65. The summed E-state index contributed by atoms with van der Waals surface area (Å²) >= 11 is 0. The van der Waals surface area contributed by atoms with Crippen LogP contribution in [0.1, 0.15) is 12.0 Å². The number of amides is 1. The third-order valence-corrected chi connectivity index (χ3v) is 3.89. The minimum absolute atomic E-state index is 0.00766. The number of benzene rings is 2. The van der Waals surface area contributed by atoms with E-state index in [1.54, 1.807) is 7.11 Å². The highest BCUT2D eigenvalue weighted by Crippen LogP contribution is 2.30. The van der Waals surface area contributed by atoms with Gasteiger partial charge in [-0.15, -0.1) is 0 Å². The molecule has 0 aliphatic carbocycles. The molecule has 2 aromatic rings. The lowest BCUT2D eigenvalue weighted by Gasteiger charge is -2.26. The monoisotopic (exact) mass is 327 g/mol. The van der Waals surface area contributed by atoms with Crippen molar-refractivity contribution in [1.29, 1.82) is 0 Å². The van der Waals surface area contributed by atoms with Crippen molar-refractivity contribution in [1.82, 2.24) is 5.32 Å². The van der Waals surface area contributed by atoms with Crippen molar-refractivity contribution in [2.24, 2.45) is 0 Å². The number of methoxy groups -OCH3 is 1. The Hall–Kier alpha value is -2.69. The Balaban J connectivity index is 1.41. The summed E-state index contributed by atoms with van der Waals surface area (Å²) in [6, 6.07) is 15.3. The third-order valence-electron chi connectivity index (χ3n) is 3.89. The summed E-state index contributed by atoms with van der Waals surface area (Å²) in [6.07, 6.45) is 0.974. The van der Waals surface area contributed by atoms with Gasteiger partial charge in [-0.1, -0.05) is 24.3 Å². The average molecular weight is 327 g/mol. The van der Waals surface area contributed by atoms with E-state index in [4.69, 9.17) is 14.2 Å². The fraction of sp³-hybridized carbons (Fsp3) is 0.316. The van der Waals surface area contributed by atoms with E-state index in [9.17, 15) is 4.79 Å². The largest absolute Gasteiger partial charge is 0.497 e. The predicted molar refractivity (Wildman–Crippen MR) is 90.7 cm³/mol. The summed E-state index contributed by atoms with van der Waals surface area (Å²) in [7, 11) is 1.64. The normalized spacial score (nSPS) is 15.6. The van der Waals surface area contributed by atoms with Crippen molar-refractivity contribution in [3.63, 3.8) is 0 Å². The number of nitrogens with one attached hydrogen (secondary N) is 1. The van der Waals surface area contributed by atoms with Gasteiger partial charge in [-0.25, -0.2) is 0 Å². The highest BCUT2D eigenvalue weighted by molar-refractivity contribution is 5.76. The first-order valence-corrected chi connectivity index (χ1v) is 8.02. The highest BCUT2D eigenvalue weighted by Gasteiger charge is 2.20. The van der Waals surface area contributed by atoms with Crippen LogP contribution in [0.15, 0.2) is 48.5 Å². The zero-order chi connectivity index (χ0) is 16.8. The van der Waals surface area contributed by atoms with Gasteiger partial charge in [0.05, 0.1) is 13.7 Å². The van der Waals surface area contributed by atoms with Gasteiger partial charge >= 0.3 is 0 Å². The molecule has 0 saturated heterocycles. The lowest BCUT2D eigenvalue weighted by Crippen LogP contribution is -2.40. The lowest BCUT2D eigenvalue weighted by molar-refractivity contribution is -0.121. The van der Waals surface area contributed by atoms with Gasteiger partial charge in [-0.3, -0.25) is 4.79 Å². The summed E-state index contributed by atoms with van der Waals surface area (Å²) < 4.78 is 16.6. The molecule has 1 amide bonds. The molecular weight excluding hydrogens is 306 g/mol. The van der Waals surface area contributed by atoms with E-state index in [0.717, 1.165) is 22.8 Å². The Labute approximate surface area is 141 Å². The number of carbonyl (C=O) groups excluding carboxylic acids is 1. The maximum atomic E-state index is 12.0. The number of fused-ring (bicyclic) bond motifs is 1. The van der Waals surface area contributed by atoms with Crippen molar-refractivity contribution in [3.8, 4) is 17.2 Å². The van der Waals surface area contributed by atoms with Crippen molar-refractivity contribution < 1.29 is 19.0 Å². The van der Waals surface area contributed by atoms with Crippen LogP contribution < -0.4 is 19.5 Å². The number of rotatable bonds is 6. The molecule has 1 atom stereocenters. The van der Waals surface area contributed by atoms with Crippen molar-refractivity contribution in [2.75, 3.05) is 20.3 Å². The van der Waals surface area contributed by atoms with Crippen LogP contribution in [0.4, 0.5) is 0 Å². The first kappa shape index (κ1) is 16.2. The quantitative estimate of drug-likeness (QED) is 0.886. The minimum Gasteiger partial charge on any atom is -0.497 e. The van der Waals surface area contributed by atoms with Gasteiger partial charge in [0, 0.05) is 6.42 Å². The van der Waals surface area contributed by atoms with Gasteiger partial charge in [-0.05, 0) is 36.2 Å². The van der Waals surface area contributed by atoms with Crippen LogP contribution >= 0.6 is 0 Å². The Morgan fingerprint density at radius 1 is 1.17 bits per heavy atom. The molecule has 126 valence electrons. The summed E-state index contributed by atoms with van der Waals surface area (Å²) in [6.45, 7) is 0.881. The third kappa shape index (κ3) is 4.19. The summed E-state index contributed by atoms with van der Waals surface area (Å²) in [5.74, 6) is 2.30. The maximum absolute atomic E-state index is 12.0. The predicted octanol–water partition coefficient (Wildman–Crippen LogP) is 2.58. The topological polar surface area (TPSA) is 56.8 Å². The Bertz CT molecular complexity index is 684. The van der Waals surface area contributed by atoms with Crippen LogP contribution in [0.25, 0.3) is 0 Å². The first-order chi connectivity index (χ1) is 11.7. The molecule has 1 aliphatic rings. The molecule has 0 aromatic heterocycles. The number of hydrogen-bond donors (Lipinski definition) is 1. The molecule has 2 aromatic carbocycles. The van der Waals surface area contributed by atoms with Crippen LogP contribution in [-0.2, 0) is 11.2 Å². The van der Waals surface area contributed by atoms with E-state index in [0.29, 0.717) is 26.0 Å². The van der Waals surface area contributed by atoms with Gasteiger partial charge in [0.15, 0.2) is 11.5 Å². The second-order valence-electron chi connectivity index (χ2n) is 5.65. The van der Waals surface area contributed by atoms with Crippen molar-refractivity contribution in [2.45, 2.75) is 18.9 Å². The van der Waals surface area contributed by atoms with Crippen molar-refractivity contribution >= 4 is 5.91 Å². The molecule has 3 rings (SSSR count). The molecule has 5 nitrogen and oxygen atoms in total. The number of aryl methyl sites for hydroxylation is 1. The van der Waals surface area contributed by atoms with E-state index >= 15 is 0 Å². The smallest absolute Gasteiger partial charge is 0.220 e. The molecule has 5 heteroatoms. The molecule has 0 saturated carbocycles. The maximum Gasteiger partial charge on any atom is 0.220 e. The molecular formula is C19H21NO4. The van der Waals surface area contributed by atoms with E-state index in [1.165, 1.54) is 0 Å². The van der Waals surface area contributed by atoms with Crippen LogP contribution in [0, 0.1) is 0 Å². The lowest BCUT2D eigenvalue weighted by atomic mass is 10.1. The van der Waals surface area contributed by atoms with E-state index in [2.05, 4.69) is 5.32 Å². The first-order valence-electron chi connectivity index (χ1n) is 8.02. The molecule has 24 heavy (non-hydrogen) atoms. The van der Waals surface area contributed by atoms with Gasteiger partial charge in [0.1, 0.15) is 18.5 Å². The number of para-hydroxylation sites is 2. The molecule has 1 N–H and O–H groups in total. The number of carbonyl (C=O) groups is 1. The molecule has 0 radical (unpaired) electrons. The van der Waals surface area contributed by atoms with Crippen LogP contribution in [0.3, 0.4) is 0 Å². The van der Waals surface area contributed by atoms with Gasteiger partial charge in [0.2, 0.25) is 5.91 Å². The standard InChI is InChI=1S/C19H21NO4/c1-22-15-9-6-14(7-10-15)8-11-19(21)20-12-16-13-23-17-4-2-3-5-18(17)24-16/h2-7,9-10,16H,8,11-13H2,1H3,(H,20,21)/t16-/m1/s1. The zero-order valence-corrected chi connectivity index (χ0v) is 13.7. The van der Waals surface area contributed by atoms with Crippen LogP contribution in [0.5, 0.6) is 17.2 Å². The summed E-state index contributed by atoms with van der Waals surface area (Å²) in [5.41, 5.74) is 1.11. The SMILES string of the molecule is COc1ccc(CCC(=O)NC[C@@H]2COc3ccccc3O2)cc1. The molecule has 0 spiro atoms. The fourth-order valence-corrected chi connectivity index (χ4v) is 2.53. The van der Waals surface area contributed by atoms with Crippen LogP contribution in [-0.4, -0.2) is 32.3 Å². The molecule has 1 heterocycles. The minimum atomic E-state index is -0.162. The Morgan fingerprint density at radius 2 is 1.92 bits per heavy atom. The van der Waals surface area contributed by atoms with E-state index < -0.39 is 0 Å². The van der Waals surface area contributed by atoms with E-state index in [-0.39, 0.29) is 12.0 Å². The van der Waals surface area contributed by atoms with Crippen LogP contribution in [0.2, 0.25) is 0 Å². The van der Waals surface area contributed by atoms with E-state index in [1.807, 2.05) is 48.5 Å². The van der Waals surface area contributed by atoms with Gasteiger partial charge in [-0.2, -0.15) is 0 Å². The Morgan fingerprint density at radius 3 is 2.67 bits per heavy atom. The molecule has 0 bridgehead atoms. The molecule has 0 unspecified atom stereocenters. The Kier molecular flexibility index (Phi) is 5.21. The summed E-state index contributed by atoms with van der Waals surface area (Å²) in [5, 5.41) is 2.91. The van der Waals surface area contributed by atoms with Gasteiger partial charge < -0.3 is 19.5 Å². The highest BCUT2D eigenvalue weighted by atomic mass is 16.6. The molecule has 0 fully saturated rings. The number of ether oxygens (including phenoxy) is 3. The fourth-order valence-electron chi connectivity index (χ4n) is 2.53.